The minimum atomic E-state index is 0.0345. The van der Waals surface area contributed by atoms with Crippen LogP contribution in [0.1, 0.15) is 5.56 Å². The molecular formula is C14H11N5O. The fraction of sp³-hybridized carbons (Fsp3) is 0.0714. The molecule has 4 rings (SSSR count). The van der Waals surface area contributed by atoms with Crippen molar-refractivity contribution in [2.24, 2.45) is 0 Å². The van der Waals surface area contributed by atoms with E-state index in [-0.39, 0.29) is 5.91 Å². The molecule has 0 spiro atoms. The lowest BCUT2D eigenvalue weighted by Gasteiger charge is -2.08. The van der Waals surface area contributed by atoms with Crippen LogP contribution < -0.4 is 10.6 Å². The van der Waals surface area contributed by atoms with Crippen LogP contribution in [0.4, 0.5) is 17.2 Å². The van der Waals surface area contributed by atoms with E-state index in [2.05, 4.69) is 25.6 Å². The number of aromatic amines is 1. The number of rotatable bonds is 2. The molecule has 0 saturated carbocycles. The maximum Gasteiger partial charge on any atom is 0.228 e. The van der Waals surface area contributed by atoms with Gasteiger partial charge in [-0.25, -0.2) is 9.97 Å². The molecule has 0 unspecified atom stereocenters. The second kappa shape index (κ2) is 4.06. The zero-order valence-electron chi connectivity index (χ0n) is 10.5. The first-order chi connectivity index (χ1) is 9.79. The molecule has 0 atom stereocenters. The summed E-state index contributed by atoms with van der Waals surface area (Å²) in [5, 5.41) is 7.02. The average molecular weight is 265 g/mol. The topological polar surface area (TPSA) is 82.7 Å². The maximum atomic E-state index is 11.4. The van der Waals surface area contributed by atoms with Gasteiger partial charge in [0.05, 0.1) is 11.8 Å². The second-order valence-corrected chi connectivity index (χ2v) is 4.68. The highest BCUT2D eigenvalue weighted by Crippen LogP contribution is 2.28. The van der Waals surface area contributed by atoms with Crippen LogP contribution in [0.5, 0.6) is 0 Å². The summed E-state index contributed by atoms with van der Waals surface area (Å²) in [7, 11) is 0. The van der Waals surface area contributed by atoms with E-state index in [1.54, 1.807) is 0 Å². The van der Waals surface area contributed by atoms with E-state index in [9.17, 15) is 4.79 Å². The van der Waals surface area contributed by atoms with E-state index in [4.69, 9.17) is 0 Å². The quantitative estimate of drug-likeness (QED) is 0.663. The van der Waals surface area contributed by atoms with E-state index >= 15 is 0 Å². The van der Waals surface area contributed by atoms with Gasteiger partial charge in [0.1, 0.15) is 17.8 Å². The Morgan fingerprint density at radius 2 is 2.15 bits per heavy atom. The Kier molecular flexibility index (Phi) is 2.23. The van der Waals surface area contributed by atoms with Crippen molar-refractivity contribution in [1.82, 2.24) is 15.0 Å². The molecule has 6 nitrogen and oxygen atoms in total. The average Bonchev–Trinajstić information content (AvgIpc) is 3.03. The Bertz CT molecular complexity index is 823. The van der Waals surface area contributed by atoms with Crippen LogP contribution in [-0.4, -0.2) is 20.9 Å². The van der Waals surface area contributed by atoms with Crippen molar-refractivity contribution in [1.29, 1.82) is 0 Å². The molecule has 3 heterocycles. The first-order valence-electron chi connectivity index (χ1n) is 6.27. The Hall–Kier alpha value is -2.89. The monoisotopic (exact) mass is 265 g/mol. The summed E-state index contributed by atoms with van der Waals surface area (Å²) in [5.41, 5.74) is 3.58. The summed E-state index contributed by atoms with van der Waals surface area (Å²) >= 11 is 0. The normalized spacial score (nSPS) is 13.3. The molecule has 0 fully saturated rings. The lowest BCUT2D eigenvalue weighted by Crippen LogP contribution is -2.03. The van der Waals surface area contributed by atoms with Crippen LogP contribution in [-0.2, 0) is 11.2 Å². The Morgan fingerprint density at radius 1 is 1.20 bits per heavy atom. The van der Waals surface area contributed by atoms with Gasteiger partial charge >= 0.3 is 0 Å². The molecule has 2 aromatic heterocycles. The molecule has 0 radical (unpaired) electrons. The number of nitrogens with one attached hydrogen (secondary N) is 3. The number of hydrogen-bond acceptors (Lipinski definition) is 4. The van der Waals surface area contributed by atoms with Gasteiger partial charge in [-0.3, -0.25) is 4.79 Å². The molecule has 20 heavy (non-hydrogen) atoms. The minimum Gasteiger partial charge on any atom is -0.346 e. The highest BCUT2D eigenvalue weighted by Gasteiger charge is 2.17. The smallest absolute Gasteiger partial charge is 0.228 e. The molecule has 98 valence electrons. The predicted molar refractivity (Wildman–Crippen MR) is 75.9 cm³/mol. The number of benzene rings is 1. The van der Waals surface area contributed by atoms with Gasteiger partial charge in [-0.15, -0.1) is 0 Å². The van der Waals surface area contributed by atoms with Crippen molar-refractivity contribution >= 4 is 34.1 Å². The SMILES string of the molecule is O=C1Cc2cc(Nc3ncnc4[nH]ccc34)ccc2N1. The maximum absolute atomic E-state index is 11.4. The van der Waals surface area contributed by atoms with Crippen molar-refractivity contribution in [2.75, 3.05) is 10.6 Å². The van der Waals surface area contributed by atoms with Gasteiger partial charge in [-0.2, -0.15) is 0 Å². The molecule has 0 saturated heterocycles. The van der Waals surface area contributed by atoms with Crippen LogP contribution in [0.3, 0.4) is 0 Å². The summed E-state index contributed by atoms with van der Waals surface area (Å²) < 4.78 is 0. The van der Waals surface area contributed by atoms with E-state index in [1.165, 1.54) is 6.33 Å². The van der Waals surface area contributed by atoms with Crippen molar-refractivity contribution in [3.05, 3.63) is 42.4 Å². The summed E-state index contributed by atoms with van der Waals surface area (Å²) in [6, 6.07) is 7.72. The van der Waals surface area contributed by atoms with E-state index in [1.807, 2.05) is 30.5 Å². The second-order valence-electron chi connectivity index (χ2n) is 4.68. The number of fused-ring (bicyclic) bond motifs is 2. The van der Waals surface area contributed by atoms with Gasteiger partial charge in [0.15, 0.2) is 0 Å². The summed E-state index contributed by atoms with van der Waals surface area (Å²) in [6.45, 7) is 0. The molecule has 1 aliphatic rings. The summed E-state index contributed by atoms with van der Waals surface area (Å²) in [5.74, 6) is 0.778. The molecule has 6 heteroatoms. The first-order valence-corrected chi connectivity index (χ1v) is 6.27. The van der Waals surface area contributed by atoms with Gasteiger partial charge in [0, 0.05) is 17.6 Å². The number of carbonyl (C=O) groups excluding carboxylic acids is 1. The highest BCUT2D eigenvalue weighted by atomic mass is 16.1. The van der Waals surface area contributed by atoms with Gasteiger partial charge in [0.25, 0.3) is 0 Å². The number of nitrogens with zero attached hydrogens (tertiary/aromatic N) is 2. The van der Waals surface area contributed by atoms with Crippen LogP contribution in [0.15, 0.2) is 36.8 Å². The largest absolute Gasteiger partial charge is 0.346 e. The third-order valence-corrected chi connectivity index (χ3v) is 3.35. The predicted octanol–water partition coefficient (Wildman–Crippen LogP) is 2.20. The van der Waals surface area contributed by atoms with Crippen LogP contribution in [0, 0.1) is 0 Å². The van der Waals surface area contributed by atoms with Crippen LogP contribution >= 0.6 is 0 Å². The Balaban J connectivity index is 1.71. The van der Waals surface area contributed by atoms with Gasteiger partial charge in [-0.05, 0) is 29.8 Å². The number of aromatic nitrogens is 3. The minimum absolute atomic E-state index is 0.0345. The molecule has 3 N–H and O–H groups in total. The fourth-order valence-corrected chi connectivity index (χ4v) is 2.42. The third kappa shape index (κ3) is 1.70. The van der Waals surface area contributed by atoms with Crippen molar-refractivity contribution < 1.29 is 4.79 Å². The third-order valence-electron chi connectivity index (χ3n) is 3.35. The van der Waals surface area contributed by atoms with Gasteiger partial charge in [-0.1, -0.05) is 0 Å². The van der Waals surface area contributed by atoms with Crippen molar-refractivity contribution in [3.8, 4) is 0 Å². The number of hydrogen-bond donors (Lipinski definition) is 3. The molecule has 1 aromatic carbocycles. The van der Waals surface area contributed by atoms with E-state index < -0.39 is 0 Å². The molecular weight excluding hydrogens is 254 g/mol. The van der Waals surface area contributed by atoms with Crippen LogP contribution in [0.2, 0.25) is 0 Å². The summed E-state index contributed by atoms with van der Waals surface area (Å²) in [4.78, 5) is 22.8. The zero-order valence-corrected chi connectivity index (χ0v) is 10.5. The number of amides is 1. The van der Waals surface area contributed by atoms with Crippen molar-refractivity contribution in [2.45, 2.75) is 6.42 Å². The number of carbonyl (C=O) groups is 1. The van der Waals surface area contributed by atoms with E-state index in [0.717, 1.165) is 33.8 Å². The fourth-order valence-electron chi connectivity index (χ4n) is 2.42. The zero-order chi connectivity index (χ0) is 13.5. The molecule has 0 bridgehead atoms. The van der Waals surface area contributed by atoms with E-state index in [0.29, 0.717) is 6.42 Å². The van der Waals surface area contributed by atoms with Crippen LogP contribution in [0.25, 0.3) is 11.0 Å². The Morgan fingerprint density at radius 3 is 3.10 bits per heavy atom. The molecule has 0 aliphatic carbocycles. The lowest BCUT2D eigenvalue weighted by molar-refractivity contribution is -0.115. The molecule has 1 aliphatic heterocycles. The molecule has 3 aromatic rings. The molecule has 1 amide bonds. The highest BCUT2D eigenvalue weighted by molar-refractivity contribution is 5.99. The number of anilines is 3. The van der Waals surface area contributed by atoms with Gasteiger partial charge < -0.3 is 15.6 Å². The van der Waals surface area contributed by atoms with Crippen molar-refractivity contribution in [3.63, 3.8) is 0 Å². The standard InChI is InChI=1S/C14H11N5O/c20-12-6-8-5-9(1-2-11(8)19-12)18-14-10-3-4-15-13(10)16-7-17-14/h1-5,7H,6H2,(H,19,20)(H2,15,16,17,18). The summed E-state index contributed by atoms with van der Waals surface area (Å²) in [6.07, 6.45) is 3.77. The first kappa shape index (κ1) is 11.0. The number of H-pyrrole nitrogens is 1. The lowest BCUT2D eigenvalue weighted by atomic mass is 10.1. The Labute approximate surface area is 114 Å². The van der Waals surface area contributed by atoms with Gasteiger partial charge in [0.2, 0.25) is 5.91 Å².